The van der Waals surface area contributed by atoms with Crippen LogP contribution in [0.2, 0.25) is 0 Å². The molecule has 106 valence electrons. The van der Waals surface area contributed by atoms with E-state index in [4.69, 9.17) is 4.74 Å². The van der Waals surface area contributed by atoms with E-state index in [0.29, 0.717) is 0 Å². The Balaban J connectivity index is 1.81. The highest BCUT2D eigenvalue weighted by Crippen LogP contribution is 2.23. The molecule has 3 nitrogen and oxygen atoms in total. The van der Waals surface area contributed by atoms with Crippen molar-refractivity contribution >= 4 is 5.69 Å². The molecule has 1 fully saturated rings. The quantitative estimate of drug-likeness (QED) is 0.798. The number of methoxy groups -OCH3 is 1. The second-order valence-corrected chi connectivity index (χ2v) is 5.51. The van der Waals surface area contributed by atoms with Crippen molar-refractivity contribution in [2.75, 3.05) is 38.3 Å². The first kappa shape index (κ1) is 14.4. The van der Waals surface area contributed by atoms with Crippen LogP contribution in [-0.2, 0) is 11.3 Å². The number of anilines is 1. The summed E-state index contributed by atoms with van der Waals surface area (Å²) in [5, 5.41) is 3.37. The van der Waals surface area contributed by atoms with Crippen LogP contribution in [0, 0.1) is 5.92 Å². The molecule has 3 heteroatoms. The van der Waals surface area contributed by atoms with Gasteiger partial charge in [0.25, 0.3) is 0 Å². The molecule has 0 amide bonds. The zero-order valence-corrected chi connectivity index (χ0v) is 12.2. The van der Waals surface area contributed by atoms with Crippen molar-refractivity contribution in [3.63, 3.8) is 0 Å². The van der Waals surface area contributed by atoms with E-state index in [0.717, 1.165) is 25.6 Å². The number of nitrogens with zero attached hydrogens (tertiary/aromatic N) is 1. The van der Waals surface area contributed by atoms with Crippen LogP contribution >= 0.6 is 0 Å². The zero-order chi connectivity index (χ0) is 13.5. The Morgan fingerprint density at radius 1 is 1.21 bits per heavy atom. The van der Waals surface area contributed by atoms with Crippen LogP contribution in [0.15, 0.2) is 24.3 Å². The van der Waals surface area contributed by atoms with Gasteiger partial charge in [-0.1, -0.05) is 19.1 Å². The Morgan fingerprint density at radius 2 is 1.89 bits per heavy atom. The average molecular weight is 262 g/mol. The molecule has 0 spiro atoms. The molecule has 1 aliphatic heterocycles. The molecule has 0 saturated carbocycles. The Hall–Kier alpha value is -1.06. The first-order valence-corrected chi connectivity index (χ1v) is 7.33. The highest BCUT2D eigenvalue weighted by Gasteiger charge is 2.15. The smallest absolute Gasteiger partial charge is 0.0587 e. The van der Waals surface area contributed by atoms with Crippen LogP contribution in [0.25, 0.3) is 0 Å². The third kappa shape index (κ3) is 4.51. The minimum atomic E-state index is 0.768. The van der Waals surface area contributed by atoms with Gasteiger partial charge in [-0.15, -0.1) is 0 Å². The fourth-order valence-corrected chi connectivity index (χ4v) is 2.50. The molecule has 0 atom stereocenters. The first-order valence-electron chi connectivity index (χ1n) is 7.33. The first-order chi connectivity index (χ1) is 9.29. The Kier molecular flexibility index (Phi) is 5.67. The highest BCUT2D eigenvalue weighted by atomic mass is 16.5. The maximum absolute atomic E-state index is 5.02. The molecule has 0 aliphatic carbocycles. The molecule has 0 aromatic heterocycles. The Bertz CT molecular complexity index is 356. The summed E-state index contributed by atoms with van der Waals surface area (Å²) in [4.78, 5) is 2.50. The third-order valence-corrected chi connectivity index (χ3v) is 3.90. The van der Waals surface area contributed by atoms with Gasteiger partial charge >= 0.3 is 0 Å². The molecular formula is C16H26N2O. The van der Waals surface area contributed by atoms with E-state index in [-0.39, 0.29) is 0 Å². The Labute approximate surface area is 116 Å². The second kappa shape index (κ2) is 7.51. The fourth-order valence-electron chi connectivity index (χ4n) is 2.50. The van der Waals surface area contributed by atoms with Crippen molar-refractivity contribution < 1.29 is 4.74 Å². The van der Waals surface area contributed by atoms with Crippen molar-refractivity contribution in [2.45, 2.75) is 26.3 Å². The number of benzene rings is 1. The molecule has 0 unspecified atom stereocenters. The van der Waals surface area contributed by atoms with Crippen LogP contribution in [0.1, 0.15) is 25.3 Å². The minimum Gasteiger partial charge on any atom is -0.383 e. The van der Waals surface area contributed by atoms with Gasteiger partial charge in [-0.3, -0.25) is 0 Å². The predicted octanol–water partition coefficient (Wildman–Crippen LogP) is 2.66. The summed E-state index contributed by atoms with van der Waals surface area (Å²) in [7, 11) is 1.73. The lowest BCUT2D eigenvalue weighted by molar-refractivity contribution is 0.199. The monoisotopic (exact) mass is 262 g/mol. The summed E-state index contributed by atoms with van der Waals surface area (Å²) in [6, 6.07) is 8.97. The molecule has 1 aliphatic rings. The Morgan fingerprint density at radius 3 is 2.53 bits per heavy atom. The van der Waals surface area contributed by atoms with E-state index in [1.54, 1.807) is 7.11 Å². The summed E-state index contributed by atoms with van der Waals surface area (Å²) in [6.07, 6.45) is 2.64. The second-order valence-electron chi connectivity index (χ2n) is 5.51. The minimum absolute atomic E-state index is 0.768. The van der Waals surface area contributed by atoms with Crippen LogP contribution in [0.5, 0.6) is 0 Å². The predicted molar refractivity (Wildman–Crippen MR) is 80.6 cm³/mol. The van der Waals surface area contributed by atoms with Crippen molar-refractivity contribution in [2.24, 2.45) is 5.92 Å². The van der Waals surface area contributed by atoms with Crippen molar-refractivity contribution in [1.29, 1.82) is 0 Å². The van der Waals surface area contributed by atoms with Crippen LogP contribution in [-0.4, -0.2) is 33.4 Å². The number of rotatable bonds is 6. The maximum atomic E-state index is 5.02. The van der Waals surface area contributed by atoms with E-state index < -0.39 is 0 Å². The van der Waals surface area contributed by atoms with E-state index in [2.05, 4.69) is 41.4 Å². The molecule has 1 aromatic rings. The number of ether oxygens (including phenoxy) is 1. The lowest BCUT2D eigenvalue weighted by Crippen LogP contribution is -2.32. The molecule has 19 heavy (non-hydrogen) atoms. The highest BCUT2D eigenvalue weighted by molar-refractivity contribution is 5.47. The SMILES string of the molecule is COCCNCc1ccc(N2CCC(C)CC2)cc1. The summed E-state index contributed by atoms with van der Waals surface area (Å²) < 4.78 is 5.02. The normalized spacial score (nSPS) is 16.8. The zero-order valence-electron chi connectivity index (χ0n) is 12.2. The number of hydrogen-bond acceptors (Lipinski definition) is 3. The van der Waals surface area contributed by atoms with Gasteiger partial charge < -0.3 is 15.0 Å². The van der Waals surface area contributed by atoms with Crippen molar-refractivity contribution in [3.05, 3.63) is 29.8 Å². The van der Waals surface area contributed by atoms with E-state index >= 15 is 0 Å². The molecule has 1 heterocycles. The van der Waals surface area contributed by atoms with Gasteiger partial charge in [0.05, 0.1) is 6.61 Å². The lowest BCUT2D eigenvalue weighted by atomic mass is 9.99. The van der Waals surface area contributed by atoms with Crippen LogP contribution < -0.4 is 10.2 Å². The number of piperidine rings is 1. The molecule has 2 rings (SSSR count). The van der Waals surface area contributed by atoms with Gasteiger partial charge in [-0.05, 0) is 36.5 Å². The van der Waals surface area contributed by atoms with E-state index in [1.807, 2.05) is 0 Å². The molecule has 1 aromatic carbocycles. The van der Waals surface area contributed by atoms with Gasteiger partial charge in [0.15, 0.2) is 0 Å². The lowest BCUT2D eigenvalue weighted by Gasteiger charge is -2.32. The molecule has 1 N–H and O–H groups in total. The standard InChI is InChI=1S/C16H26N2O/c1-14-7-10-18(11-8-14)16-5-3-15(4-6-16)13-17-9-12-19-2/h3-6,14,17H,7-13H2,1-2H3. The van der Waals surface area contributed by atoms with Gasteiger partial charge in [0, 0.05) is 39.0 Å². The molecule has 0 bridgehead atoms. The van der Waals surface area contributed by atoms with Crippen LogP contribution in [0.3, 0.4) is 0 Å². The van der Waals surface area contributed by atoms with E-state index in [9.17, 15) is 0 Å². The van der Waals surface area contributed by atoms with Crippen LogP contribution in [0.4, 0.5) is 5.69 Å². The summed E-state index contributed by atoms with van der Waals surface area (Å²) >= 11 is 0. The van der Waals surface area contributed by atoms with Crippen molar-refractivity contribution in [3.8, 4) is 0 Å². The third-order valence-electron chi connectivity index (χ3n) is 3.90. The molecular weight excluding hydrogens is 236 g/mol. The van der Waals surface area contributed by atoms with Crippen molar-refractivity contribution in [1.82, 2.24) is 5.32 Å². The largest absolute Gasteiger partial charge is 0.383 e. The van der Waals surface area contributed by atoms with E-state index in [1.165, 1.54) is 37.2 Å². The fraction of sp³-hybridized carbons (Fsp3) is 0.625. The average Bonchev–Trinajstić information content (AvgIpc) is 2.45. The van der Waals surface area contributed by atoms with Gasteiger partial charge in [-0.2, -0.15) is 0 Å². The molecule has 0 radical (unpaired) electrons. The summed E-state index contributed by atoms with van der Waals surface area (Å²) in [5.41, 5.74) is 2.71. The summed E-state index contributed by atoms with van der Waals surface area (Å²) in [5.74, 6) is 0.889. The number of nitrogens with one attached hydrogen (secondary N) is 1. The van der Waals surface area contributed by atoms with Gasteiger partial charge in [-0.25, -0.2) is 0 Å². The van der Waals surface area contributed by atoms with Gasteiger partial charge in [0.2, 0.25) is 0 Å². The number of hydrogen-bond donors (Lipinski definition) is 1. The topological polar surface area (TPSA) is 24.5 Å². The maximum Gasteiger partial charge on any atom is 0.0587 e. The van der Waals surface area contributed by atoms with Gasteiger partial charge in [0.1, 0.15) is 0 Å². The molecule has 1 saturated heterocycles. The summed E-state index contributed by atoms with van der Waals surface area (Å²) in [6.45, 7) is 7.35.